The molecular formula is C14H11Cl2F3N4O2. The number of carbonyl (C=O) groups is 1. The van der Waals surface area contributed by atoms with E-state index in [-0.39, 0.29) is 27.1 Å². The molecule has 0 radical (unpaired) electrons. The third-order valence-corrected chi connectivity index (χ3v) is 3.52. The molecule has 0 aliphatic heterocycles. The van der Waals surface area contributed by atoms with Gasteiger partial charge in [-0.25, -0.2) is 14.5 Å². The van der Waals surface area contributed by atoms with E-state index in [9.17, 15) is 23.1 Å². The smallest absolute Gasteiger partial charge is 0.416 e. The summed E-state index contributed by atoms with van der Waals surface area (Å²) in [6.07, 6.45) is -2.31. The van der Waals surface area contributed by atoms with Crippen LogP contribution in [0.4, 0.5) is 19.0 Å². The van der Waals surface area contributed by atoms with Crippen LogP contribution in [0.3, 0.4) is 0 Å². The average molecular weight is 395 g/mol. The Balaban J connectivity index is 2.69. The van der Waals surface area contributed by atoms with Gasteiger partial charge in [0, 0.05) is 14.1 Å². The second-order valence-corrected chi connectivity index (χ2v) is 5.91. The molecule has 0 aliphatic carbocycles. The predicted octanol–water partition coefficient (Wildman–Crippen LogP) is 4.12. The van der Waals surface area contributed by atoms with Crippen LogP contribution in [0.25, 0.3) is 5.69 Å². The third-order valence-electron chi connectivity index (χ3n) is 2.94. The van der Waals surface area contributed by atoms with E-state index in [1.54, 1.807) is 19.0 Å². The molecule has 25 heavy (non-hydrogen) atoms. The lowest BCUT2D eigenvalue weighted by Crippen LogP contribution is -2.09. The summed E-state index contributed by atoms with van der Waals surface area (Å²) in [6.45, 7) is 0. The monoisotopic (exact) mass is 394 g/mol. The number of carboxylic acid groups (broad SMARTS) is 1. The van der Waals surface area contributed by atoms with Gasteiger partial charge in [0.15, 0.2) is 5.82 Å². The van der Waals surface area contributed by atoms with Crippen LogP contribution in [-0.4, -0.2) is 46.2 Å². The summed E-state index contributed by atoms with van der Waals surface area (Å²) >= 11 is 11.9. The van der Waals surface area contributed by atoms with Crippen LogP contribution in [0.2, 0.25) is 10.0 Å². The molecule has 6 nitrogen and oxygen atoms in total. The minimum atomic E-state index is -4.63. The first kappa shape index (κ1) is 19.1. The molecule has 2 rings (SSSR count). The van der Waals surface area contributed by atoms with Crippen molar-refractivity contribution in [2.45, 2.75) is 6.18 Å². The van der Waals surface area contributed by atoms with Gasteiger partial charge >= 0.3 is 12.1 Å². The Morgan fingerprint density at radius 3 is 2.32 bits per heavy atom. The Hall–Kier alpha value is -2.26. The average Bonchev–Trinajstić information content (AvgIpc) is 2.87. The van der Waals surface area contributed by atoms with E-state index >= 15 is 0 Å². The fourth-order valence-corrected chi connectivity index (χ4v) is 2.53. The molecule has 0 saturated heterocycles. The standard InChI is InChI=1S/C14H11Cl2F3N4O2/c1-22(2)6-20-12-8(13(24)25)5-21-23(12)11-9(15)3-7(4-10(11)16)14(17,18)19/h3-6H,1-2H3,(H,24,25)/b20-6+. The number of alkyl halides is 3. The molecule has 11 heteroatoms. The molecule has 1 aromatic carbocycles. The quantitative estimate of drug-likeness (QED) is 0.625. The lowest BCUT2D eigenvalue weighted by molar-refractivity contribution is -0.137. The van der Waals surface area contributed by atoms with E-state index in [0.29, 0.717) is 12.1 Å². The number of hydrogen-bond acceptors (Lipinski definition) is 3. The lowest BCUT2D eigenvalue weighted by Gasteiger charge is -2.13. The molecule has 2 aromatic rings. The highest BCUT2D eigenvalue weighted by atomic mass is 35.5. The van der Waals surface area contributed by atoms with Gasteiger partial charge in [-0.3, -0.25) is 0 Å². The van der Waals surface area contributed by atoms with Gasteiger partial charge in [0.25, 0.3) is 0 Å². The summed E-state index contributed by atoms with van der Waals surface area (Å²) in [5, 5.41) is 12.4. The van der Waals surface area contributed by atoms with Gasteiger partial charge in [-0.05, 0) is 12.1 Å². The number of hydrogen-bond donors (Lipinski definition) is 1. The summed E-state index contributed by atoms with van der Waals surface area (Å²) in [5.41, 5.74) is -1.39. The highest BCUT2D eigenvalue weighted by Crippen LogP contribution is 2.39. The van der Waals surface area contributed by atoms with E-state index in [4.69, 9.17) is 23.2 Å². The fourth-order valence-electron chi connectivity index (χ4n) is 1.88. The second kappa shape index (κ2) is 6.93. The fraction of sp³-hybridized carbons (Fsp3) is 0.214. The normalized spacial score (nSPS) is 12.0. The van der Waals surface area contributed by atoms with Crippen LogP contribution in [0, 0.1) is 0 Å². The highest BCUT2D eigenvalue weighted by molar-refractivity contribution is 6.38. The van der Waals surface area contributed by atoms with Crippen LogP contribution in [0.1, 0.15) is 15.9 Å². The molecule has 1 heterocycles. The SMILES string of the molecule is CN(C)/C=N/c1c(C(=O)O)cnn1-c1c(Cl)cc(C(F)(F)F)cc1Cl. The first-order valence-electron chi connectivity index (χ1n) is 6.61. The van der Waals surface area contributed by atoms with Crippen molar-refractivity contribution in [1.82, 2.24) is 14.7 Å². The van der Waals surface area contributed by atoms with Crippen molar-refractivity contribution in [2.75, 3.05) is 14.1 Å². The number of nitrogens with zero attached hydrogens (tertiary/aromatic N) is 4. The number of aromatic carboxylic acids is 1. The Kier molecular flexibility index (Phi) is 5.28. The molecule has 0 unspecified atom stereocenters. The number of rotatable bonds is 4. The number of carboxylic acids is 1. The van der Waals surface area contributed by atoms with Crippen LogP contribution < -0.4 is 0 Å². The molecular weight excluding hydrogens is 384 g/mol. The van der Waals surface area contributed by atoms with Gasteiger partial charge in [0.1, 0.15) is 11.3 Å². The van der Waals surface area contributed by atoms with E-state index in [1.807, 2.05) is 0 Å². The molecule has 0 atom stereocenters. The summed E-state index contributed by atoms with van der Waals surface area (Å²) in [4.78, 5) is 16.8. The van der Waals surface area contributed by atoms with Gasteiger partial charge in [-0.2, -0.15) is 18.3 Å². The van der Waals surface area contributed by atoms with E-state index in [0.717, 1.165) is 10.9 Å². The minimum absolute atomic E-state index is 0.102. The van der Waals surface area contributed by atoms with Crippen LogP contribution in [-0.2, 0) is 6.18 Å². The predicted molar refractivity (Wildman–Crippen MR) is 87.4 cm³/mol. The molecule has 0 fully saturated rings. The van der Waals surface area contributed by atoms with Crippen molar-refractivity contribution in [3.8, 4) is 5.69 Å². The van der Waals surface area contributed by atoms with Crippen molar-refractivity contribution in [3.63, 3.8) is 0 Å². The number of halogens is 5. The zero-order valence-electron chi connectivity index (χ0n) is 12.8. The molecule has 0 aliphatic rings. The van der Waals surface area contributed by atoms with Gasteiger partial charge in [-0.1, -0.05) is 23.2 Å². The molecule has 1 N–H and O–H groups in total. The molecule has 0 spiro atoms. The molecule has 0 bridgehead atoms. The number of aromatic nitrogens is 2. The second-order valence-electron chi connectivity index (χ2n) is 5.09. The van der Waals surface area contributed by atoms with Crippen molar-refractivity contribution < 1.29 is 23.1 Å². The Morgan fingerprint density at radius 2 is 1.88 bits per heavy atom. The van der Waals surface area contributed by atoms with Crippen LogP contribution >= 0.6 is 23.2 Å². The first-order chi connectivity index (χ1) is 11.5. The van der Waals surface area contributed by atoms with Gasteiger partial charge in [0.2, 0.25) is 0 Å². The molecule has 0 amide bonds. The summed E-state index contributed by atoms with van der Waals surface area (Å²) in [5.74, 6) is -1.44. The maximum absolute atomic E-state index is 12.8. The largest absolute Gasteiger partial charge is 0.477 e. The number of benzene rings is 1. The summed E-state index contributed by atoms with van der Waals surface area (Å²) < 4.78 is 39.5. The van der Waals surface area contributed by atoms with Gasteiger partial charge < -0.3 is 10.0 Å². The molecule has 134 valence electrons. The summed E-state index contributed by atoms with van der Waals surface area (Å²) in [6, 6.07) is 1.37. The lowest BCUT2D eigenvalue weighted by atomic mass is 10.2. The van der Waals surface area contributed by atoms with Crippen molar-refractivity contribution in [2.24, 2.45) is 4.99 Å². The maximum Gasteiger partial charge on any atom is 0.416 e. The topological polar surface area (TPSA) is 70.7 Å². The molecule has 1 aromatic heterocycles. The third kappa shape index (κ3) is 4.05. The first-order valence-corrected chi connectivity index (χ1v) is 7.36. The van der Waals surface area contributed by atoms with E-state index < -0.39 is 17.7 Å². The van der Waals surface area contributed by atoms with Gasteiger partial charge in [0.05, 0.1) is 28.1 Å². The Labute approximate surface area is 150 Å². The van der Waals surface area contributed by atoms with Crippen LogP contribution in [0.15, 0.2) is 23.3 Å². The minimum Gasteiger partial charge on any atom is -0.477 e. The van der Waals surface area contributed by atoms with Crippen molar-refractivity contribution in [1.29, 1.82) is 0 Å². The number of aliphatic imine (C=N–C) groups is 1. The van der Waals surface area contributed by atoms with E-state index in [2.05, 4.69) is 10.1 Å². The Morgan fingerprint density at radius 1 is 1.32 bits per heavy atom. The highest BCUT2D eigenvalue weighted by Gasteiger charge is 2.32. The van der Waals surface area contributed by atoms with Crippen molar-refractivity contribution >= 4 is 41.3 Å². The Bertz CT molecular complexity index is 824. The van der Waals surface area contributed by atoms with Crippen LogP contribution in [0.5, 0.6) is 0 Å². The van der Waals surface area contributed by atoms with Gasteiger partial charge in [-0.15, -0.1) is 0 Å². The zero-order valence-corrected chi connectivity index (χ0v) is 14.4. The van der Waals surface area contributed by atoms with Crippen molar-refractivity contribution in [3.05, 3.63) is 39.5 Å². The molecule has 0 saturated carbocycles. The zero-order chi connectivity index (χ0) is 18.9. The summed E-state index contributed by atoms with van der Waals surface area (Å²) in [7, 11) is 3.31. The maximum atomic E-state index is 12.8. The van der Waals surface area contributed by atoms with E-state index in [1.165, 1.54) is 6.34 Å².